The van der Waals surface area contributed by atoms with Crippen LogP contribution in [-0.2, 0) is 4.79 Å². The van der Waals surface area contributed by atoms with E-state index in [-0.39, 0.29) is 0 Å². The van der Waals surface area contributed by atoms with E-state index in [1.54, 1.807) is 0 Å². The fourth-order valence-corrected chi connectivity index (χ4v) is 3.81. The van der Waals surface area contributed by atoms with Gasteiger partial charge in [0.2, 0.25) is 0 Å². The van der Waals surface area contributed by atoms with Gasteiger partial charge < -0.3 is 0 Å². The van der Waals surface area contributed by atoms with Crippen LogP contribution in [0.25, 0.3) is 10.8 Å². The molecule has 2 aromatic rings. The lowest BCUT2D eigenvalue weighted by Gasteiger charge is -2.21. The molecule has 1 nitrogen and oxygen atoms in total. The summed E-state index contributed by atoms with van der Waals surface area (Å²) in [5.41, 5.74) is 0. The summed E-state index contributed by atoms with van der Waals surface area (Å²) in [5.74, 6) is 0.435. The Balaban J connectivity index is 1.84. The second-order valence-corrected chi connectivity index (χ2v) is 6.18. The molecule has 0 spiro atoms. The number of benzene rings is 2. The predicted octanol–water partition coefficient (Wildman–Crippen LogP) is 4.44. The molecule has 0 radical (unpaired) electrons. The van der Waals surface area contributed by atoms with Crippen molar-refractivity contribution >= 4 is 28.3 Å². The Hall–Kier alpha value is -1.28. The van der Waals surface area contributed by atoms with Crippen molar-refractivity contribution in [1.82, 2.24) is 0 Å². The lowest BCUT2D eigenvalue weighted by Crippen LogP contribution is -2.15. The Labute approximate surface area is 112 Å². The molecule has 0 saturated heterocycles. The summed E-state index contributed by atoms with van der Waals surface area (Å²) in [6.45, 7) is 0. The molecule has 1 aliphatic rings. The summed E-state index contributed by atoms with van der Waals surface area (Å²) in [4.78, 5) is 12.6. The van der Waals surface area contributed by atoms with E-state index >= 15 is 0 Å². The molecule has 0 amide bonds. The number of fused-ring (bicyclic) bond motifs is 1. The highest BCUT2D eigenvalue weighted by Gasteiger charge is 2.20. The summed E-state index contributed by atoms with van der Waals surface area (Å²) in [6.07, 6.45) is 3.60. The van der Waals surface area contributed by atoms with E-state index in [2.05, 4.69) is 42.5 Å². The molecular formula is C16H16OS. The number of thioether (sulfide) groups is 1. The molecule has 0 aromatic heterocycles. The molecule has 1 fully saturated rings. The van der Waals surface area contributed by atoms with Crippen LogP contribution >= 0.6 is 11.8 Å². The summed E-state index contributed by atoms with van der Waals surface area (Å²) >= 11 is 1.94. The maximum absolute atomic E-state index is 11.3. The van der Waals surface area contributed by atoms with Crippen LogP contribution in [0.5, 0.6) is 0 Å². The van der Waals surface area contributed by atoms with Crippen molar-refractivity contribution in [3.05, 3.63) is 42.5 Å². The van der Waals surface area contributed by atoms with Crippen LogP contribution < -0.4 is 0 Å². The van der Waals surface area contributed by atoms with E-state index in [0.717, 1.165) is 25.7 Å². The Morgan fingerprint density at radius 2 is 1.67 bits per heavy atom. The molecule has 0 bridgehead atoms. The van der Waals surface area contributed by atoms with Crippen molar-refractivity contribution < 1.29 is 4.79 Å². The molecule has 0 unspecified atom stereocenters. The van der Waals surface area contributed by atoms with Gasteiger partial charge in [-0.1, -0.05) is 36.4 Å². The van der Waals surface area contributed by atoms with Crippen LogP contribution in [0.15, 0.2) is 47.4 Å². The van der Waals surface area contributed by atoms with Crippen LogP contribution in [0.2, 0.25) is 0 Å². The normalized spacial score (nSPS) is 17.2. The van der Waals surface area contributed by atoms with E-state index in [0.29, 0.717) is 11.0 Å². The first-order valence-electron chi connectivity index (χ1n) is 6.49. The van der Waals surface area contributed by atoms with Gasteiger partial charge in [-0.2, -0.15) is 0 Å². The largest absolute Gasteiger partial charge is 0.300 e. The van der Waals surface area contributed by atoms with E-state index in [1.807, 2.05) is 11.8 Å². The molecule has 2 heteroatoms. The number of ketones is 1. The van der Waals surface area contributed by atoms with Crippen molar-refractivity contribution in [2.24, 2.45) is 0 Å². The SMILES string of the molecule is O=C1CCC(Sc2cccc3ccccc23)CC1. The molecule has 2 aromatic carbocycles. The van der Waals surface area contributed by atoms with Gasteiger partial charge in [-0.3, -0.25) is 4.79 Å². The number of carbonyl (C=O) groups excluding carboxylic acids is 1. The van der Waals surface area contributed by atoms with Gasteiger partial charge in [-0.05, 0) is 29.7 Å². The summed E-state index contributed by atoms with van der Waals surface area (Å²) in [6, 6.07) is 15.0. The highest BCUT2D eigenvalue weighted by atomic mass is 32.2. The van der Waals surface area contributed by atoms with Crippen molar-refractivity contribution in [2.45, 2.75) is 35.8 Å². The topological polar surface area (TPSA) is 17.1 Å². The number of rotatable bonds is 2. The standard InChI is InChI=1S/C16H16OS/c17-13-8-10-14(11-9-13)18-16-7-3-5-12-4-1-2-6-15(12)16/h1-7,14H,8-11H2. The van der Waals surface area contributed by atoms with Gasteiger partial charge in [-0.15, -0.1) is 11.8 Å². The molecule has 0 N–H and O–H groups in total. The monoisotopic (exact) mass is 256 g/mol. The maximum atomic E-state index is 11.3. The molecule has 0 aliphatic heterocycles. The summed E-state index contributed by atoms with van der Waals surface area (Å²) in [7, 11) is 0. The number of carbonyl (C=O) groups is 1. The zero-order valence-corrected chi connectivity index (χ0v) is 11.1. The van der Waals surface area contributed by atoms with E-state index in [4.69, 9.17) is 0 Å². The van der Waals surface area contributed by atoms with Gasteiger partial charge in [0, 0.05) is 23.0 Å². The van der Waals surface area contributed by atoms with Crippen LogP contribution in [0.4, 0.5) is 0 Å². The first kappa shape index (κ1) is 11.8. The smallest absolute Gasteiger partial charge is 0.132 e. The minimum atomic E-state index is 0.435. The summed E-state index contributed by atoms with van der Waals surface area (Å²) in [5, 5.41) is 3.24. The molecule has 3 rings (SSSR count). The van der Waals surface area contributed by atoms with Crippen LogP contribution in [-0.4, -0.2) is 11.0 Å². The van der Waals surface area contributed by atoms with E-state index in [1.165, 1.54) is 15.7 Å². The van der Waals surface area contributed by atoms with Crippen molar-refractivity contribution in [3.63, 3.8) is 0 Å². The van der Waals surface area contributed by atoms with Crippen LogP contribution in [0, 0.1) is 0 Å². The molecular weight excluding hydrogens is 240 g/mol. The van der Waals surface area contributed by atoms with Gasteiger partial charge in [0.25, 0.3) is 0 Å². The second kappa shape index (κ2) is 5.15. The first-order chi connectivity index (χ1) is 8.83. The highest BCUT2D eigenvalue weighted by Crippen LogP contribution is 2.36. The van der Waals surface area contributed by atoms with E-state index < -0.39 is 0 Å². The quantitative estimate of drug-likeness (QED) is 0.790. The average molecular weight is 256 g/mol. The Kier molecular flexibility index (Phi) is 3.37. The van der Waals surface area contributed by atoms with Gasteiger partial charge in [0.05, 0.1) is 0 Å². The molecule has 1 aliphatic carbocycles. The minimum Gasteiger partial charge on any atom is -0.300 e. The summed E-state index contributed by atoms with van der Waals surface area (Å²) < 4.78 is 0. The number of Topliss-reactive ketones (excluding diaryl/α,β-unsaturated/α-hetero) is 1. The van der Waals surface area contributed by atoms with Gasteiger partial charge in [0.1, 0.15) is 5.78 Å². The fourth-order valence-electron chi connectivity index (χ4n) is 2.51. The Morgan fingerprint density at radius 3 is 2.50 bits per heavy atom. The maximum Gasteiger partial charge on any atom is 0.132 e. The van der Waals surface area contributed by atoms with Gasteiger partial charge in [0.15, 0.2) is 0 Å². The number of hydrogen-bond acceptors (Lipinski definition) is 2. The van der Waals surface area contributed by atoms with Crippen molar-refractivity contribution in [3.8, 4) is 0 Å². The lowest BCUT2D eigenvalue weighted by molar-refractivity contribution is -0.120. The predicted molar refractivity (Wildman–Crippen MR) is 77.1 cm³/mol. The van der Waals surface area contributed by atoms with Crippen molar-refractivity contribution in [2.75, 3.05) is 0 Å². The minimum absolute atomic E-state index is 0.435. The van der Waals surface area contributed by atoms with Gasteiger partial charge in [-0.25, -0.2) is 0 Å². The molecule has 0 heterocycles. The molecule has 92 valence electrons. The van der Waals surface area contributed by atoms with Crippen molar-refractivity contribution in [1.29, 1.82) is 0 Å². The zero-order valence-electron chi connectivity index (χ0n) is 10.3. The Morgan fingerprint density at radius 1 is 0.944 bits per heavy atom. The lowest BCUT2D eigenvalue weighted by atomic mass is 9.99. The number of hydrogen-bond donors (Lipinski definition) is 0. The highest BCUT2D eigenvalue weighted by molar-refractivity contribution is 8.00. The van der Waals surface area contributed by atoms with E-state index in [9.17, 15) is 4.79 Å². The average Bonchev–Trinajstić information content (AvgIpc) is 2.42. The van der Waals surface area contributed by atoms with Crippen LogP contribution in [0.3, 0.4) is 0 Å². The zero-order chi connectivity index (χ0) is 12.4. The molecule has 18 heavy (non-hydrogen) atoms. The molecule has 1 saturated carbocycles. The fraction of sp³-hybridized carbons (Fsp3) is 0.312. The van der Waals surface area contributed by atoms with Crippen LogP contribution in [0.1, 0.15) is 25.7 Å². The Bertz CT molecular complexity index is 561. The van der Waals surface area contributed by atoms with Gasteiger partial charge >= 0.3 is 0 Å². The third kappa shape index (κ3) is 2.44. The first-order valence-corrected chi connectivity index (χ1v) is 7.37. The second-order valence-electron chi connectivity index (χ2n) is 4.83. The molecule has 0 atom stereocenters. The third-order valence-electron chi connectivity index (χ3n) is 3.53. The third-order valence-corrected chi connectivity index (χ3v) is 4.95.